The maximum Gasteiger partial charge on any atom is 0.331 e. The SMILES string of the molecule is C=C1CC[C@@H]2[C@](C)(CO)[C@H](O)CC[C@@]2(C)[C@@H]1CC/C(=C\CO)C(=O)O. The lowest BCUT2D eigenvalue weighted by Crippen LogP contribution is -2.57. The van der Waals surface area contributed by atoms with Gasteiger partial charge in [-0.05, 0) is 61.9 Å². The number of hydrogen-bond donors (Lipinski definition) is 4. The Morgan fingerprint density at radius 2 is 2.00 bits per heavy atom. The molecule has 5 atom stereocenters. The molecule has 5 heteroatoms. The molecule has 0 aromatic heterocycles. The van der Waals surface area contributed by atoms with E-state index in [1.807, 2.05) is 6.92 Å². The van der Waals surface area contributed by atoms with Gasteiger partial charge in [0.25, 0.3) is 0 Å². The number of aliphatic carboxylic acids is 1. The Balaban J connectivity index is 2.26. The first-order valence-corrected chi connectivity index (χ1v) is 9.20. The van der Waals surface area contributed by atoms with E-state index >= 15 is 0 Å². The quantitative estimate of drug-likeness (QED) is 0.435. The van der Waals surface area contributed by atoms with Gasteiger partial charge in [-0.15, -0.1) is 0 Å². The summed E-state index contributed by atoms with van der Waals surface area (Å²) in [5.41, 5.74) is 0.753. The van der Waals surface area contributed by atoms with Crippen LogP contribution in [0.4, 0.5) is 0 Å². The van der Waals surface area contributed by atoms with Gasteiger partial charge in [0.15, 0.2) is 0 Å². The molecule has 2 aliphatic rings. The zero-order valence-electron chi connectivity index (χ0n) is 15.4. The fraction of sp³-hybridized carbons (Fsp3) is 0.750. The van der Waals surface area contributed by atoms with E-state index < -0.39 is 17.5 Å². The first kappa shape index (κ1) is 20.1. The minimum atomic E-state index is -0.989. The molecule has 0 heterocycles. The van der Waals surface area contributed by atoms with Gasteiger partial charge in [0.05, 0.1) is 19.3 Å². The first-order chi connectivity index (χ1) is 11.7. The molecule has 0 amide bonds. The molecule has 0 radical (unpaired) electrons. The number of allylic oxidation sites excluding steroid dienone is 1. The van der Waals surface area contributed by atoms with Gasteiger partial charge in [0, 0.05) is 11.0 Å². The molecule has 2 aliphatic carbocycles. The van der Waals surface area contributed by atoms with E-state index in [9.17, 15) is 20.1 Å². The fourth-order valence-electron chi connectivity index (χ4n) is 5.44. The van der Waals surface area contributed by atoms with Crippen LogP contribution in [0.5, 0.6) is 0 Å². The van der Waals surface area contributed by atoms with Crippen molar-refractivity contribution < 1.29 is 25.2 Å². The van der Waals surface area contributed by atoms with Crippen molar-refractivity contribution in [1.29, 1.82) is 0 Å². The number of aliphatic hydroxyl groups excluding tert-OH is 3. The Morgan fingerprint density at radius 1 is 1.32 bits per heavy atom. The van der Waals surface area contributed by atoms with Crippen LogP contribution in [0.2, 0.25) is 0 Å². The molecule has 0 unspecified atom stereocenters. The van der Waals surface area contributed by atoms with Gasteiger partial charge in [-0.25, -0.2) is 4.79 Å². The third-order valence-corrected chi connectivity index (χ3v) is 7.01. The van der Waals surface area contributed by atoms with Crippen LogP contribution in [0.3, 0.4) is 0 Å². The van der Waals surface area contributed by atoms with E-state index in [-0.39, 0.29) is 36.0 Å². The highest BCUT2D eigenvalue weighted by Gasteiger charge is 2.57. The Hall–Kier alpha value is -1.17. The average Bonchev–Trinajstić information content (AvgIpc) is 2.56. The summed E-state index contributed by atoms with van der Waals surface area (Å²) < 4.78 is 0. The van der Waals surface area contributed by atoms with Crippen molar-refractivity contribution in [3.63, 3.8) is 0 Å². The van der Waals surface area contributed by atoms with E-state index in [2.05, 4.69) is 13.5 Å². The van der Waals surface area contributed by atoms with E-state index in [0.29, 0.717) is 19.3 Å². The summed E-state index contributed by atoms with van der Waals surface area (Å²) in [4.78, 5) is 11.3. The number of aliphatic hydroxyl groups is 3. The minimum absolute atomic E-state index is 0.0432. The molecular weight excluding hydrogens is 320 g/mol. The van der Waals surface area contributed by atoms with Crippen molar-refractivity contribution in [3.8, 4) is 0 Å². The molecule has 0 bridgehead atoms. The predicted octanol–water partition coefficient (Wildman–Crippen LogP) is 2.51. The van der Waals surface area contributed by atoms with Crippen molar-refractivity contribution in [3.05, 3.63) is 23.8 Å². The lowest BCUT2D eigenvalue weighted by molar-refractivity contribution is -0.152. The molecule has 0 aromatic rings. The monoisotopic (exact) mass is 352 g/mol. The van der Waals surface area contributed by atoms with E-state index in [0.717, 1.165) is 24.8 Å². The number of carboxylic acid groups (broad SMARTS) is 1. The summed E-state index contributed by atoms with van der Waals surface area (Å²) in [5.74, 6) is -0.651. The van der Waals surface area contributed by atoms with Crippen LogP contribution >= 0.6 is 0 Å². The largest absolute Gasteiger partial charge is 0.478 e. The molecule has 0 aromatic carbocycles. The summed E-state index contributed by atoms with van der Waals surface area (Å²) in [5, 5.41) is 38.8. The molecule has 5 nitrogen and oxygen atoms in total. The van der Waals surface area contributed by atoms with Crippen molar-refractivity contribution in [2.45, 2.75) is 58.5 Å². The van der Waals surface area contributed by atoms with Gasteiger partial charge >= 0.3 is 5.97 Å². The summed E-state index contributed by atoms with van der Waals surface area (Å²) in [6, 6.07) is 0. The zero-order chi connectivity index (χ0) is 18.8. The number of rotatable bonds is 6. The van der Waals surface area contributed by atoms with Crippen molar-refractivity contribution in [2.75, 3.05) is 13.2 Å². The summed E-state index contributed by atoms with van der Waals surface area (Å²) >= 11 is 0. The molecule has 0 saturated heterocycles. The van der Waals surface area contributed by atoms with E-state index in [1.165, 1.54) is 6.08 Å². The van der Waals surface area contributed by atoms with Crippen LogP contribution in [0, 0.1) is 22.7 Å². The Kier molecular flexibility index (Phi) is 6.13. The van der Waals surface area contributed by atoms with Crippen LogP contribution < -0.4 is 0 Å². The van der Waals surface area contributed by atoms with Crippen LogP contribution in [0.15, 0.2) is 23.8 Å². The summed E-state index contributed by atoms with van der Waals surface area (Å²) in [7, 11) is 0. The molecule has 2 fully saturated rings. The maximum absolute atomic E-state index is 11.3. The Labute approximate surface area is 150 Å². The highest BCUT2D eigenvalue weighted by molar-refractivity contribution is 5.86. The van der Waals surface area contributed by atoms with Crippen molar-refractivity contribution in [2.24, 2.45) is 22.7 Å². The molecule has 25 heavy (non-hydrogen) atoms. The normalized spacial score (nSPS) is 39.2. The number of carboxylic acids is 1. The van der Waals surface area contributed by atoms with Gasteiger partial charge in [-0.2, -0.15) is 0 Å². The summed E-state index contributed by atoms with van der Waals surface area (Å²) in [6.07, 6.45) is 5.15. The molecule has 0 aliphatic heterocycles. The molecule has 4 N–H and O–H groups in total. The fourth-order valence-corrected chi connectivity index (χ4v) is 5.44. The van der Waals surface area contributed by atoms with Gasteiger partial charge in [-0.1, -0.05) is 26.0 Å². The van der Waals surface area contributed by atoms with Crippen LogP contribution in [0.1, 0.15) is 52.4 Å². The predicted molar refractivity (Wildman–Crippen MR) is 95.9 cm³/mol. The van der Waals surface area contributed by atoms with Gasteiger partial charge in [0.2, 0.25) is 0 Å². The lowest BCUT2D eigenvalue weighted by Gasteiger charge is -2.60. The lowest BCUT2D eigenvalue weighted by atomic mass is 9.46. The second-order valence-electron chi connectivity index (χ2n) is 8.28. The van der Waals surface area contributed by atoms with E-state index in [4.69, 9.17) is 5.11 Å². The minimum Gasteiger partial charge on any atom is -0.478 e. The van der Waals surface area contributed by atoms with Crippen LogP contribution in [-0.4, -0.2) is 45.7 Å². The molecule has 0 spiro atoms. The van der Waals surface area contributed by atoms with Gasteiger partial charge < -0.3 is 20.4 Å². The highest BCUT2D eigenvalue weighted by atomic mass is 16.4. The highest BCUT2D eigenvalue weighted by Crippen LogP contribution is 2.61. The molecule has 142 valence electrons. The average molecular weight is 352 g/mol. The first-order valence-electron chi connectivity index (χ1n) is 9.20. The molecule has 2 rings (SSSR count). The smallest absolute Gasteiger partial charge is 0.331 e. The number of carbonyl (C=O) groups is 1. The van der Waals surface area contributed by atoms with Gasteiger partial charge in [0.1, 0.15) is 0 Å². The zero-order valence-corrected chi connectivity index (χ0v) is 15.4. The Morgan fingerprint density at radius 3 is 2.56 bits per heavy atom. The van der Waals surface area contributed by atoms with E-state index in [1.54, 1.807) is 0 Å². The number of fused-ring (bicyclic) bond motifs is 1. The number of hydrogen-bond acceptors (Lipinski definition) is 4. The topological polar surface area (TPSA) is 98.0 Å². The third kappa shape index (κ3) is 3.55. The van der Waals surface area contributed by atoms with Crippen LogP contribution in [-0.2, 0) is 4.79 Å². The second kappa shape index (κ2) is 7.60. The standard InChI is InChI=1S/C20H32O5/c1-13-4-7-16-19(2,10-8-17(23)20(16,3)12-22)15(13)6-5-14(9-11-21)18(24)25/h9,15-17,21-23H,1,4-8,10-12H2,2-3H3,(H,24,25)/b14-9+/t15-,16+,17-,19+,20+/m1/s1. The second-order valence-corrected chi connectivity index (χ2v) is 8.28. The Bertz CT molecular complexity index is 554. The van der Waals surface area contributed by atoms with Crippen LogP contribution in [0.25, 0.3) is 0 Å². The molecule has 2 saturated carbocycles. The molecular formula is C20H32O5. The maximum atomic E-state index is 11.3. The van der Waals surface area contributed by atoms with Crippen molar-refractivity contribution in [1.82, 2.24) is 0 Å². The summed E-state index contributed by atoms with van der Waals surface area (Å²) in [6.45, 7) is 8.12. The van der Waals surface area contributed by atoms with Gasteiger partial charge in [-0.3, -0.25) is 0 Å². The van der Waals surface area contributed by atoms with Crippen molar-refractivity contribution >= 4 is 5.97 Å². The third-order valence-electron chi connectivity index (χ3n) is 7.01.